The first-order chi connectivity index (χ1) is 12.2. The Morgan fingerprint density at radius 2 is 1.58 bits per heavy atom. The largest absolute Gasteiger partial charge is 0.480 e. The number of carbonyl (C=O) groups is 2. The van der Waals surface area contributed by atoms with Crippen LogP contribution in [0.25, 0.3) is 0 Å². The average molecular weight is 375 g/mol. The summed E-state index contributed by atoms with van der Waals surface area (Å²) in [4.78, 5) is 23.5. The molecule has 2 rings (SSSR count). The van der Waals surface area contributed by atoms with Gasteiger partial charge in [-0.05, 0) is 35.7 Å². The first kappa shape index (κ1) is 19.7. The molecule has 1 amide bonds. The predicted molar refractivity (Wildman–Crippen MR) is 97.5 cm³/mol. The molecule has 2 aromatic rings. The Morgan fingerprint density at radius 1 is 1.00 bits per heavy atom. The summed E-state index contributed by atoms with van der Waals surface area (Å²) in [5.74, 6) is -2.08. The molecule has 2 aromatic carbocycles. The Hall–Kier alpha value is -2.67. The Labute approximate surface area is 152 Å². The van der Waals surface area contributed by atoms with E-state index < -0.39 is 27.8 Å². The Balaban J connectivity index is 2.14. The number of sulfone groups is 1. The zero-order valence-corrected chi connectivity index (χ0v) is 15.4. The van der Waals surface area contributed by atoms with Gasteiger partial charge in [0.05, 0.1) is 10.6 Å². The molecule has 0 fully saturated rings. The molecule has 0 radical (unpaired) electrons. The number of rotatable bonds is 7. The molecule has 0 aliphatic heterocycles. The molecule has 26 heavy (non-hydrogen) atoms. The van der Waals surface area contributed by atoms with Crippen LogP contribution in [0.2, 0.25) is 0 Å². The van der Waals surface area contributed by atoms with Gasteiger partial charge in [-0.3, -0.25) is 4.79 Å². The minimum Gasteiger partial charge on any atom is -0.480 e. The fourth-order valence-corrected chi connectivity index (χ4v) is 3.78. The van der Waals surface area contributed by atoms with Crippen LogP contribution in [0.15, 0.2) is 59.5 Å². The number of aliphatic carboxylic acids is 1. The molecule has 0 saturated heterocycles. The van der Waals surface area contributed by atoms with E-state index in [4.69, 9.17) is 5.11 Å². The highest BCUT2D eigenvalue weighted by atomic mass is 32.2. The summed E-state index contributed by atoms with van der Waals surface area (Å²) in [5.41, 5.74) is 0.881. The molecule has 0 aliphatic carbocycles. The minimum atomic E-state index is -3.53. The topological polar surface area (TPSA) is 101 Å². The molecule has 0 saturated carbocycles. The van der Waals surface area contributed by atoms with Gasteiger partial charge in [0.2, 0.25) is 0 Å². The summed E-state index contributed by atoms with van der Waals surface area (Å²) in [6.45, 7) is 3.39. The van der Waals surface area contributed by atoms with Crippen molar-refractivity contribution in [2.45, 2.75) is 30.5 Å². The van der Waals surface area contributed by atoms with Crippen molar-refractivity contribution in [3.8, 4) is 0 Å². The Bertz CT molecular complexity index is 874. The summed E-state index contributed by atoms with van der Waals surface area (Å²) in [5, 5.41) is 11.6. The van der Waals surface area contributed by atoms with Crippen molar-refractivity contribution in [3.63, 3.8) is 0 Å². The second kappa shape index (κ2) is 8.14. The van der Waals surface area contributed by atoms with Crippen molar-refractivity contribution in [1.29, 1.82) is 0 Å². The number of carboxylic acids is 1. The lowest BCUT2D eigenvalue weighted by Crippen LogP contribution is -2.44. The number of amides is 1. The molecular formula is C19H21NO5S. The normalized spacial score (nSPS) is 12.6. The van der Waals surface area contributed by atoms with E-state index in [-0.39, 0.29) is 22.1 Å². The summed E-state index contributed by atoms with van der Waals surface area (Å²) in [7, 11) is -3.53. The highest BCUT2D eigenvalue weighted by Crippen LogP contribution is 2.17. The molecule has 0 heterocycles. The molecular weight excluding hydrogens is 354 g/mol. The Kier molecular flexibility index (Phi) is 6.15. The summed E-state index contributed by atoms with van der Waals surface area (Å²) in [6, 6.07) is 13.3. The first-order valence-electron chi connectivity index (χ1n) is 8.11. The van der Waals surface area contributed by atoms with Crippen LogP contribution < -0.4 is 5.32 Å². The lowest BCUT2D eigenvalue weighted by Gasteiger charge is -2.17. The summed E-state index contributed by atoms with van der Waals surface area (Å²) < 4.78 is 24.9. The number of hydrogen-bond acceptors (Lipinski definition) is 4. The van der Waals surface area contributed by atoms with E-state index in [1.807, 2.05) is 6.07 Å². The van der Waals surface area contributed by atoms with Gasteiger partial charge in [-0.1, -0.05) is 44.2 Å². The van der Waals surface area contributed by atoms with Crippen LogP contribution in [0.5, 0.6) is 0 Å². The zero-order chi connectivity index (χ0) is 19.3. The smallest absolute Gasteiger partial charge is 0.326 e. The number of carbonyl (C=O) groups excluding carboxylic acids is 1. The third-order valence-electron chi connectivity index (χ3n) is 3.89. The van der Waals surface area contributed by atoms with Gasteiger partial charge >= 0.3 is 5.97 Å². The van der Waals surface area contributed by atoms with Gasteiger partial charge in [0, 0.05) is 5.56 Å². The second-order valence-electron chi connectivity index (χ2n) is 6.30. The van der Waals surface area contributed by atoms with Crippen molar-refractivity contribution in [3.05, 3.63) is 65.7 Å². The maximum absolute atomic E-state index is 12.5. The second-order valence-corrected chi connectivity index (χ2v) is 8.29. The molecule has 0 aromatic heterocycles. The SMILES string of the molecule is CC(C)[C@@H](NC(=O)c1ccc(S(=O)(=O)Cc2ccccc2)cc1)C(=O)O. The highest BCUT2D eigenvalue weighted by Gasteiger charge is 2.24. The van der Waals surface area contributed by atoms with E-state index in [0.29, 0.717) is 5.56 Å². The predicted octanol–water partition coefficient (Wildman–Crippen LogP) is 2.50. The van der Waals surface area contributed by atoms with Gasteiger partial charge in [-0.2, -0.15) is 0 Å². The van der Waals surface area contributed by atoms with Gasteiger partial charge < -0.3 is 10.4 Å². The van der Waals surface area contributed by atoms with Gasteiger partial charge in [-0.15, -0.1) is 0 Å². The fraction of sp³-hybridized carbons (Fsp3) is 0.263. The lowest BCUT2D eigenvalue weighted by molar-refractivity contribution is -0.140. The maximum Gasteiger partial charge on any atom is 0.326 e. The number of benzene rings is 2. The van der Waals surface area contributed by atoms with Crippen LogP contribution in [-0.2, 0) is 20.4 Å². The average Bonchev–Trinajstić information content (AvgIpc) is 2.59. The van der Waals surface area contributed by atoms with Crippen molar-refractivity contribution in [2.24, 2.45) is 5.92 Å². The van der Waals surface area contributed by atoms with E-state index in [1.165, 1.54) is 24.3 Å². The molecule has 2 N–H and O–H groups in total. The minimum absolute atomic E-state index is 0.108. The van der Waals surface area contributed by atoms with Crippen LogP contribution in [0, 0.1) is 5.92 Å². The molecule has 138 valence electrons. The summed E-state index contributed by atoms with van der Waals surface area (Å²) in [6.07, 6.45) is 0. The molecule has 0 spiro atoms. The van der Waals surface area contributed by atoms with Crippen molar-refractivity contribution < 1.29 is 23.1 Å². The highest BCUT2D eigenvalue weighted by molar-refractivity contribution is 7.90. The van der Waals surface area contributed by atoms with Gasteiger partial charge in [-0.25, -0.2) is 13.2 Å². The fourth-order valence-electron chi connectivity index (χ4n) is 2.43. The third-order valence-corrected chi connectivity index (χ3v) is 5.60. The molecule has 0 unspecified atom stereocenters. The van der Waals surface area contributed by atoms with E-state index in [0.717, 1.165) is 0 Å². The monoisotopic (exact) mass is 375 g/mol. The molecule has 1 atom stereocenters. The van der Waals surface area contributed by atoms with E-state index >= 15 is 0 Å². The molecule has 0 aliphatic rings. The van der Waals surface area contributed by atoms with Gasteiger partial charge in [0.25, 0.3) is 5.91 Å². The quantitative estimate of drug-likeness (QED) is 0.774. The van der Waals surface area contributed by atoms with Crippen LogP contribution in [-0.4, -0.2) is 31.4 Å². The van der Waals surface area contributed by atoms with Crippen LogP contribution in [0.1, 0.15) is 29.8 Å². The van der Waals surface area contributed by atoms with E-state index in [1.54, 1.807) is 38.1 Å². The van der Waals surface area contributed by atoms with Crippen molar-refractivity contribution >= 4 is 21.7 Å². The zero-order valence-electron chi connectivity index (χ0n) is 14.5. The standard InChI is InChI=1S/C19H21NO5S/c1-13(2)17(19(22)23)20-18(21)15-8-10-16(11-9-15)26(24,25)12-14-6-4-3-5-7-14/h3-11,13,17H,12H2,1-2H3,(H,20,21)(H,22,23)/t17-/m1/s1. The van der Waals surface area contributed by atoms with Crippen molar-refractivity contribution in [2.75, 3.05) is 0 Å². The maximum atomic E-state index is 12.5. The first-order valence-corrected chi connectivity index (χ1v) is 9.76. The number of nitrogens with one attached hydrogen (secondary N) is 1. The molecule has 7 heteroatoms. The number of carboxylic acid groups (broad SMARTS) is 1. The van der Waals surface area contributed by atoms with Crippen LogP contribution >= 0.6 is 0 Å². The Morgan fingerprint density at radius 3 is 2.08 bits per heavy atom. The number of hydrogen-bond donors (Lipinski definition) is 2. The third kappa shape index (κ3) is 4.92. The van der Waals surface area contributed by atoms with E-state index in [2.05, 4.69) is 5.32 Å². The lowest BCUT2D eigenvalue weighted by atomic mass is 10.0. The summed E-state index contributed by atoms with van der Waals surface area (Å²) >= 11 is 0. The van der Waals surface area contributed by atoms with Crippen molar-refractivity contribution in [1.82, 2.24) is 5.32 Å². The molecule has 0 bridgehead atoms. The van der Waals surface area contributed by atoms with Gasteiger partial charge in [0.15, 0.2) is 9.84 Å². The molecule has 6 nitrogen and oxygen atoms in total. The van der Waals surface area contributed by atoms with Crippen LogP contribution in [0.4, 0.5) is 0 Å². The van der Waals surface area contributed by atoms with Crippen LogP contribution in [0.3, 0.4) is 0 Å². The van der Waals surface area contributed by atoms with Gasteiger partial charge in [0.1, 0.15) is 6.04 Å². The van der Waals surface area contributed by atoms with E-state index in [9.17, 15) is 18.0 Å².